The molecule has 2 N–H and O–H groups in total. The molecule has 0 radical (unpaired) electrons. The van der Waals surface area contributed by atoms with E-state index in [9.17, 15) is 9.59 Å². The van der Waals surface area contributed by atoms with E-state index < -0.39 is 0 Å². The van der Waals surface area contributed by atoms with Crippen molar-refractivity contribution in [2.45, 2.75) is 19.6 Å². The first-order valence-corrected chi connectivity index (χ1v) is 12.5. The van der Waals surface area contributed by atoms with Crippen molar-refractivity contribution in [2.75, 3.05) is 65.6 Å². The molecule has 2 aliphatic heterocycles. The van der Waals surface area contributed by atoms with Crippen molar-refractivity contribution in [1.82, 2.24) is 25.3 Å². The van der Waals surface area contributed by atoms with E-state index >= 15 is 0 Å². The van der Waals surface area contributed by atoms with E-state index in [1.807, 2.05) is 36.4 Å². The highest BCUT2D eigenvalue weighted by Crippen LogP contribution is 2.13. The van der Waals surface area contributed by atoms with Gasteiger partial charge in [-0.3, -0.25) is 24.3 Å². The number of nitrogens with zero attached hydrogens (tertiary/aromatic N) is 3. The van der Waals surface area contributed by atoms with Gasteiger partial charge in [-0.1, -0.05) is 54.6 Å². The van der Waals surface area contributed by atoms with Crippen LogP contribution in [0.5, 0.6) is 0 Å². The molecule has 0 saturated carbocycles. The predicted molar refractivity (Wildman–Crippen MR) is 136 cm³/mol. The predicted octanol–water partition coefficient (Wildman–Crippen LogP) is 1.07. The fourth-order valence-corrected chi connectivity index (χ4v) is 4.50. The molecule has 2 aliphatic rings. The molecule has 2 fully saturated rings. The molecule has 8 heteroatoms. The molecule has 2 aromatic carbocycles. The minimum atomic E-state index is 0.0378. The lowest BCUT2D eigenvalue weighted by Gasteiger charge is -2.33. The lowest BCUT2D eigenvalue weighted by Crippen LogP contribution is -2.51. The summed E-state index contributed by atoms with van der Waals surface area (Å²) in [6, 6.07) is 18.3. The van der Waals surface area contributed by atoms with Crippen LogP contribution >= 0.6 is 0 Å². The van der Waals surface area contributed by atoms with Gasteiger partial charge in [-0.15, -0.1) is 0 Å². The topological polar surface area (TPSA) is 77.2 Å². The maximum Gasteiger partial charge on any atom is 0.234 e. The Morgan fingerprint density at radius 3 is 1.83 bits per heavy atom. The van der Waals surface area contributed by atoms with Gasteiger partial charge in [0.2, 0.25) is 11.8 Å². The summed E-state index contributed by atoms with van der Waals surface area (Å²) in [7, 11) is 0. The first-order chi connectivity index (χ1) is 17.2. The number of rotatable bonds is 10. The van der Waals surface area contributed by atoms with Crippen LogP contribution in [0.3, 0.4) is 0 Å². The lowest BCUT2D eigenvalue weighted by molar-refractivity contribution is -0.125. The van der Waals surface area contributed by atoms with Crippen LogP contribution in [0.1, 0.15) is 16.7 Å². The number of carbonyl (C=O) groups excluding carboxylic acids is 2. The molecule has 2 aromatic rings. The average molecular weight is 480 g/mol. The molecule has 2 heterocycles. The largest absolute Gasteiger partial charge is 0.379 e. The Bertz CT molecular complexity index is 941. The van der Waals surface area contributed by atoms with Gasteiger partial charge in [-0.25, -0.2) is 0 Å². The number of hydrogen-bond donors (Lipinski definition) is 2. The van der Waals surface area contributed by atoms with Crippen molar-refractivity contribution >= 4 is 11.8 Å². The number of nitrogens with one attached hydrogen (secondary N) is 2. The number of morpholine rings is 1. The second-order valence-electron chi connectivity index (χ2n) is 9.25. The Morgan fingerprint density at radius 1 is 0.657 bits per heavy atom. The van der Waals surface area contributed by atoms with Crippen molar-refractivity contribution in [3.05, 3.63) is 71.3 Å². The van der Waals surface area contributed by atoms with Crippen LogP contribution in [0, 0.1) is 0 Å². The molecule has 0 spiro atoms. The quantitative estimate of drug-likeness (QED) is 0.531. The molecule has 2 saturated heterocycles. The van der Waals surface area contributed by atoms with Crippen molar-refractivity contribution < 1.29 is 14.3 Å². The van der Waals surface area contributed by atoms with E-state index in [1.54, 1.807) is 0 Å². The van der Waals surface area contributed by atoms with Crippen LogP contribution < -0.4 is 10.6 Å². The van der Waals surface area contributed by atoms with E-state index in [1.165, 1.54) is 11.1 Å². The number of benzene rings is 2. The van der Waals surface area contributed by atoms with E-state index in [0.29, 0.717) is 26.2 Å². The summed E-state index contributed by atoms with van der Waals surface area (Å²) >= 11 is 0. The molecule has 2 amide bonds. The molecule has 8 nitrogen and oxygen atoms in total. The summed E-state index contributed by atoms with van der Waals surface area (Å²) in [6.45, 7) is 9.36. The summed E-state index contributed by atoms with van der Waals surface area (Å²) in [5, 5.41) is 6.08. The summed E-state index contributed by atoms with van der Waals surface area (Å²) in [5.74, 6) is 0.0796. The van der Waals surface area contributed by atoms with Crippen molar-refractivity contribution in [3.8, 4) is 0 Å². The third kappa shape index (κ3) is 8.43. The minimum Gasteiger partial charge on any atom is -0.379 e. The average Bonchev–Trinajstić information content (AvgIpc) is 2.89. The zero-order valence-electron chi connectivity index (χ0n) is 20.5. The highest BCUT2D eigenvalue weighted by molar-refractivity contribution is 5.78. The lowest BCUT2D eigenvalue weighted by atomic mass is 10.1. The smallest absolute Gasteiger partial charge is 0.234 e. The van der Waals surface area contributed by atoms with E-state index in [4.69, 9.17) is 4.74 Å². The Labute approximate surface area is 208 Å². The van der Waals surface area contributed by atoms with Crippen LogP contribution in [-0.4, -0.2) is 92.1 Å². The second kappa shape index (κ2) is 13.3. The van der Waals surface area contributed by atoms with Gasteiger partial charge in [0.25, 0.3) is 0 Å². The maximum atomic E-state index is 12.6. The molecule has 0 unspecified atom stereocenters. The highest BCUT2D eigenvalue weighted by atomic mass is 16.5. The monoisotopic (exact) mass is 479 g/mol. The third-order valence-corrected chi connectivity index (χ3v) is 6.62. The van der Waals surface area contributed by atoms with Crippen LogP contribution in [0.4, 0.5) is 0 Å². The molecular weight excluding hydrogens is 442 g/mol. The fourth-order valence-electron chi connectivity index (χ4n) is 4.50. The number of ether oxygens (including phenoxy) is 1. The van der Waals surface area contributed by atoms with Gasteiger partial charge in [0.1, 0.15) is 0 Å². The zero-order valence-corrected chi connectivity index (χ0v) is 20.5. The summed E-state index contributed by atoms with van der Waals surface area (Å²) in [6.07, 6.45) is 0. The number of amides is 2. The van der Waals surface area contributed by atoms with Crippen LogP contribution in [0.2, 0.25) is 0 Å². The summed E-state index contributed by atoms with van der Waals surface area (Å²) in [5.41, 5.74) is 3.52. The van der Waals surface area contributed by atoms with Gasteiger partial charge in [0.05, 0.1) is 26.3 Å². The van der Waals surface area contributed by atoms with Gasteiger partial charge in [-0.05, 0) is 16.7 Å². The molecule has 0 aromatic heterocycles. The first-order valence-electron chi connectivity index (χ1n) is 12.5. The number of piperazine rings is 1. The van der Waals surface area contributed by atoms with Crippen LogP contribution in [0.25, 0.3) is 0 Å². The normalized spacial score (nSPS) is 17.7. The van der Waals surface area contributed by atoms with Crippen LogP contribution in [0.15, 0.2) is 54.6 Å². The van der Waals surface area contributed by atoms with Gasteiger partial charge in [0, 0.05) is 58.9 Å². The van der Waals surface area contributed by atoms with Crippen molar-refractivity contribution in [2.24, 2.45) is 0 Å². The Kier molecular flexibility index (Phi) is 9.65. The molecule has 188 valence electrons. The van der Waals surface area contributed by atoms with Crippen molar-refractivity contribution in [3.63, 3.8) is 0 Å². The van der Waals surface area contributed by atoms with E-state index in [2.05, 4.69) is 43.5 Å². The Balaban J connectivity index is 1.14. The van der Waals surface area contributed by atoms with Gasteiger partial charge < -0.3 is 15.4 Å². The molecule has 4 rings (SSSR count). The van der Waals surface area contributed by atoms with Gasteiger partial charge in [0.15, 0.2) is 0 Å². The number of hydrogen-bond acceptors (Lipinski definition) is 6. The van der Waals surface area contributed by atoms with Crippen molar-refractivity contribution in [1.29, 1.82) is 0 Å². The fraction of sp³-hybridized carbons (Fsp3) is 0.481. The maximum absolute atomic E-state index is 12.6. The summed E-state index contributed by atoms with van der Waals surface area (Å²) < 4.78 is 5.45. The molecule has 35 heavy (non-hydrogen) atoms. The molecule has 0 atom stereocenters. The molecule has 0 aliphatic carbocycles. The molecule has 0 bridgehead atoms. The van der Waals surface area contributed by atoms with Gasteiger partial charge in [-0.2, -0.15) is 0 Å². The summed E-state index contributed by atoms with van der Waals surface area (Å²) in [4.78, 5) is 31.6. The Hall–Kier alpha value is -2.78. The second-order valence-corrected chi connectivity index (χ2v) is 9.25. The van der Waals surface area contributed by atoms with Gasteiger partial charge >= 0.3 is 0 Å². The first kappa shape index (κ1) is 25.3. The minimum absolute atomic E-state index is 0.0378. The third-order valence-electron chi connectivity index (χ3n) is 6.62. The Morgan fingerprint density at radius 2 is 1.20 bits per heavy atom. The van der Waals surface area contributed by atoms with E-state index in [-0.39, 0.29) is 11.8 Å². The SMILES string of the molecule is O=C(CN1CCN(CC(=O)NCc2ccccc2CN2CCOCC2)CC1)NCc1ccccc1. The molecular formula is C27H37N5O3. The standard InChI is InChI=1S/C27H37N5O3/c33-26(28-18-23-6-2-1-3-7-23)21-30-10-12-31(13-11-30)22-27(34)29-19-24-8-4-5-9-25(24)20-32-14-16-35-17-15-32/h1-9H,10-22H2,(H,28,33)(H,29,34). The highest BCUT2D eigenvalue weighted by Gasteiger charge is 2.21. The van der Waals surface area contributed by atoms with Crippen LogP contribution in [-0.2, 0) is 34.0 Å². The zero-order chi connectivity index (χ0) is 24.3. The number of carbonyl (C=O) groups is 2. The van der Waals surface area contributed by atoms with E-state index in [0.717, 1.165) is 64.6 Å².